The van der Waals surface area contributed by atoms with E-state index in [1.165, 1.54) is 47.1 Å². The number of methoxy groups -OCH3 is 1. The second-order valence-corrected chi connectivity index (χ2v) is 5.39. The average molecular weight is 267 g/mol. The van der Waals surface area contributed by atoms with Gasteiger partial charge in [0.05, 0.1) is 7.11 Å². The summed E-state index contributed by atoms with van der Waals surface area (Å²) in [5, 5.41) is 3.20. The Morgan fingerprint density at radius 2 is 1.75 bits per heavy atom. The largest absolute Gasteiger partial charge is 0.496 e. The zero-order chi connectivity index (χ0) is 13.9. The fraction of sp³-hybridized carbons (Fsp3) is 0.333. The van der Waals surface area contributed by atoms with Crippen LogP contribution >= 0.6 is 0 Å². The van der Waals surface area contributed by atoms with E-state index in [1.807, 2.05) is 7.05 Å². The lowest BCUT2D eigenvalue weighted by Crippen LogP contribution is -2.06. The molecule has 1 aliphatic rings. The van der Waals surface area contributed by atoms with Crippen LogP contribution in [0.5, 0.6) is 5.75 Å². The summed E-state index contributed by atoms with van der Waals surface area (Å²) < 4.78 is 5.42. The fourth-order valence-electron chi connectivity index (χ4n) is 3.04. The summed E-state index contributed by atoms with van der Waals surface area (Å²) in [6.45, 7) is 0.821. The third kappa shape index (κ3) is 2.44. The molecule has 3 rings (SSSR count). The van der Waals surface area contributed by atoms with E-state index >= 15 is 0 Å². The van der Waals surface area contributed by atoms with Crippen molar-refractivity contribution in [3.63, 3.8) is 0 Å². The van der Waals surface area contributed by atoms with Crippen molar-refractivity contribution in [2.75, 3.05) is 14.2 Å². The molecule has 0 saturated heterocycles. The van der Waals surface area contributed by atoms with Gasteiger partial charge in [-0.3, -0.25) is 0 Å². The Bertz CT molecular complexity index is 619. The fourth-order valence-corrected chi connectivity index (χ4v) is 3.04. The van der Waals surface area contributed by atoms with Gasteiger partial charge in [0.1, 0.15) is 5.75 Å². The topological polar surface area (TPSA) is 21.3 Å². The van der Waals surface area contributed by atoms with Crippen LogP contribution in [0, 0.1) is 0 Å². The van der Waals surface area contributed by atoms with Crippen LogP contribution in [0.3, 0.4) is 0 Å². The van der Waals surface area contributed by atoms with Gasteiger partial charge in [-0.05, 0) is 60.7 Å². The van der Waals surface area contributed by atoms with Crippen molar-refractivity contribution in [3.05, 3.63) is 53.1 Å². The maximum Gasteiger partial charge on any atom is 0.123 e. The van der Waals surface area contributed by atoms with Gasteiger partial charge >= 0.3 is 0 Å². The van der Waals surface area contributed by atoms with Crippen LogP contribution in [-0.4, -0.2) is 14.2 Å². The molecule has 20 heavy (non-hydrogen) atoms. The van der Waals surface area contributed by atoms with E-state index in [1.54, 1.807) is 7.11 Å². The molecule has 104 valence electrons. The van der Waals surface area contributed by atoms with E-state index in [0.29, 0.717) is 0 Å². The third-order valence-corrected chi connectivity index (χ3v) is 4.08. The maximum atomic E-state index is 5.42. The van der Waals surface area contributed by atoms with Crippen molar-refractivity contribution in [1.29, 1.82) is 0 Å². The number of benzene rings is 2. The summed E-state index contributed by atoms with van der Waals surface area (Å²) >= 11 is 0. The number of hydrogen-bond acceptors (Lipinski definition) is 2. The molecule has 0 aliphatic heterocycles. The molecule has 0 unspecified atom stereocenters. The van der Waals surface area contributed by atoms with Crippen molar-refractivity contribution in [2.24, 2.45) is 0 Å². The van der Waals surface area contributed by atoms with Gasteiger partial charge in [0.2, 0.25) is 0 Å². The monoisotopic (exact) mass is 267 g/mol. The van der Waals surface area contributed by atoms with Crippen molar-refractivity contribution >= 4 is 0 Å². The molecule has 2 nitrogen and oxygen atoms in total. The highest BCUT2D eigenvalue weighted by molar-refractivity contribution is 5.67. The lowest BCUT2D eigenvalue weighted by molar-refractivity contribution is 0.408. The Kier molecular flexibility index (Phi) is 3.75. The highest BCUT2D eigenvalue weighted by Gasteiger charge is 2.12. The van der Waals surface area contributed by atoms with Crippen molar-refractivity contribution in [2.45, 2.75) is 25.8 Å². The van der Waals surface area contributed by atoms with E-state index in [4.69, 9.17) is 4.74 Å². The predicted molar refractivity (Wildman–Crippen MR) is 83.2 cm³/mol. The first-order chi connectivity index (χ1) is 9.81. The highest BCUT2D eigenvalue weighted by atomic mass is 16.5. The average Bonchev–Trinajstić information content (AvgIpc) is 2.95. The van der Waals surface area contributed by atoms with Gasteiger partial charge in [-0.25, -0.2) is 0 Å². The van der Waals surface area contributed by atoms with Crippen molar-refractivity contribution in [3.8, 4) is 16.9 Å². The van der Waals surface area contributed by atoms with E-state index < -0.39 is 0 Å². The first-order valence-electron chi connectivity index (χ1n) is 7.25. The molecule has 2 heteroatoms. The van der Waals surface area contributed by atoms with Gasteiger partial charge in [0.25, 0.3) is 0 Å². The molecule has 2 aromatic rings. The van der Waals surface area contributed by atoms with Gasteiger partial charge in [-0.15, -0.1) is 0 Å². The van der Waals surface area contributed by atoms with E-state index in [0.717, 1.165) is 12.3 Å². The minimum Gasteiger partial charge on any atom is -0.496 e. The Labute approximate surface area is 120 Å². The van der Waals surface area contributed by atoms with Crippen LogP contribution in [0.15, 0.2) is 36.4 Å². The molecule has 1 aliphatic carbocycles. The first-order valence-corrected chi connectivity index (χ1v) is 7.25. The summed E-state index contributed by atoms with van der Waals surface area (Å²) in [5.41, 5.74) is 6.83. The predicted octanol–water partition coefficient (Wildman–Crippen LogP) is 3.57. The quantitative estimate of drug-likeness (QED) is 0.914. The van der Waals surface area contributed by atoms with Gasteiger partial charge in [0.15, 0.2) is 0 Å². The Hall–Kier alpha value is -1.80. The van der Waals surface area contributed by atoms with Gasteiger partial charge < -0.3 is 10.1 Å². The molecule has 0 bridgehead atoms. The maximum absolute atomic E-state index is 5.42. The number of hydrogen-bond donors (Lipinski definition) is 1. The summed E-state index contributed by atoms with van der Waals surface area (Å²) in [6, 6.07) is 13.3. The van der Waals surface area contributed by atoms with Crippen LogP contribution in [-0.2, 0) is 19.4 Å². The van der Waals surface area contributed by atoms with Gasteiger partial charge in [-0.1, -0.05) is 24.3 Å². The molecule has 0 aromatic heterocycles. The van der Waals surface area contributed by atoms with E-state index in [9.17, 15) is 0 Å². The molecule has 0 heterocycles. The number of fused-ring (bicyclic) bond motifs is 1. The molecular formula is C18H21NO. The molecule has 2 aromatic carbocycles. The molecule has 1 N–H and O–H groups in total. The molecule has 0 fully saturated rings. The second kappa shape index (κ2) is 5.68. The number of aryl methyl sites for hydroxylation is 2. The SMILES string of the molecule is CNCc1cc(-c2ccc3c(c2)CCC3)ccc1OC. The zero-order valence-electron chi connectivity index (χ0n) is 12.2. The summed E-state index contributed by atoms with van der Waals surface area (Å²) in [5.74, 6) is 0.948. The minimum absolute atomic E-state index is 0.821. The second-order valence-electron chi connectivity index (χ2n) is 5.39. The first kappa shape index (κ1) is 13.2. The van der Waals surface area contributed by atoms with Crippen LogP contribution in [0.1, 0.15) is 23.1 Å². The Morgan fingerprint density at radius 1 is 1.00 bits per heavy atom. The van der Waals surface area contributed by atoms with Crippen LogP contribution in [0.2, 0.25) is 0 Å². The molecule has 0 spiro atoms. The Balaban J connectivity index is 1.99. The summed E-state index contributed by atoms with van der Waals surface area (Å²) in [6.07, 6.45) is 3.76. The van der Waals surface area contributed by atoms with Crippen molar-refractivity contribution in [1.82, 2.24) is 5.32 Å². The van der Waals surface area contributed by atoms with Crippen LogP contribution < -0.4 is 10.1 Å². The van der Waals surface area contributed by atoms with E-state index in [2.05, 4.69) is 41.7 Å². The molecule has 0 radical (unpaired) electrons. The minimum atomic E-state index is 0.821. The lowest BCUT2D eigenvalue weighted by Gasteiger charge is -2.11. The standard InChI is InChI=1S/C18H21NO/c1-19-12-17-11-16(8-9-18(17)20-2)15-7-6-13-4-3-5-14(13)10-15/h6-11,19H,3-5,12H2,1-2H3. The van der Waals surface area contributed by atoms with Gasteiger partial charge in [-0.2, -0.15) is 0 Å². The van der Waals surface area contributed by atoms with Crippen LogP contribution in [0.25, 0.3) is 11.1 Å². The van der Waals surface area contributed by atoms with Crippen molar-refractivity contribution < 1.29 is 4.74 Å². The number of nitrogens with one attached hydrogen (secondary N) is 1. The van der Waals surface area contributed by atoms with Crippen LogP contribution in [0.4, 0.5) is 0 Å². The molecule has 0 saturated carbocycles. The molecule has 0 atom stereocenters. The van der Waals surface area contributed by atoms with Gasteiger partial charge in [0, 0.05) is 12.1 Å². The summed E-state index contributed by atoms with van der Waals surface area (Å²) in [4.78, 5) is 0. The Morgan fingerprint density at radius 3 is 2.55 bits per heavy atom. The highest BCUT2D eigenvalue weighted by Crippen LogP contribution is 2.30. The number of rotatable bonds is 4. The third-order valence-electron chi connectivity index (χ3n) is 4.08. The normalized spacial score (nSPS) is 13.3. The lowest BCUT2D eigenvalue weighted by atomic mass is 9.98. The zero-order valence-corrected chi connectivity index (χ0v) is 12.2. The molecule has 0 amide bonds. The number of ether oxygens (including phenoxy) is 1. The molecular weight excluding hydrogens is 246 g/mol. The summed E-state index contributed by atoms with van der Waals surface area (Å²) in [7, 11) is 3.69. The van der Waals surface area contributed by atoms with E-state index in [-0.39, 0.29) is 0 Å². The smallest absolute Gasteiger partial charge is 0.123 e.